The minimum atomic E-state index is -0.221. The van der Waals surface area contributed by atoms with Gasteiger partial charge in [0.15, 0.2) is 5.78 Å². The molecule has 1 aromatic heterocycles. The van der Waals surface area contributed by atoms with Crippen molar-refractivity contribution in [3.8, 4) is 0 Å². The van der Waals surface area contributed by atoms with Crippen LogP contribution in [0.25, 0.3) is 0 Å². The highest BCUT2D eigenvalue weighted by Gasteiger charge is 2.36. The molecule has 0 saturated carbocycles. The standard InChI is InChI=1S/C23H19ClN2OS/c24-16-6-3-5-14(11-16)23-22-19(25-17-7-1-2-8-18(17)26-23)12-15(13-20(22)27)21-9-4-10-28-21/h1-11,15,23,25-26H,12-13H2. The van der Waals surface area contributed by atoms with Crippen molar-refractivity contribution < 1.29 is 4.79 Å². The number of benzene rings is 2. The molecule has 0 fully saturated rings. The molecule has 140 valence electrons. The molecule has 2 atom stereocenters. The van der Waals surface area contributed by atoms with Crippen molar-refractivity contribution >= 4 is 40.1 Å². The van der Waals surface area contributed by atoms with Gasteiger partial charge >= 0.3 is 0 Å². The summed E-state index contributed by atoms with van der Waals surface area (Å²) in [6.45, 7) is 0. The summed E-state index contributed by atoms with van der Waals surface area (Å²) in [6.07, 6.45) is 1.37. The minimum absolute atomic E-state index is 0.192. The molecule has 0 amide bonds. The first-order valence-electron chi connectivity index (χ1n) is 9.37. The second-order valence-corrected chi connectivity index (χ2v) is 8.65. The zero-order valence-corrected chi connectivity index (χ0v) is 16.7. The highest BCUT2D eigenvalue weighted by atomic mass is 35.5. The first kappa shape index (κ1) is 17.5. The van der Waals surface area contributed by atoms with Crippen LogP contribution in [0.3, 0.4) is 0 Å². The summed E-state index contributed by atoms with van der Waals surface area (Å²) in [5, 5.41) is 9.90. The molecule has 2 aliphatic rings. The third-order valence-corrected chi connectivity index (χ3v) is 6.71. The van der Waals surface area contributed by atoms with Gasteiger partial charge in [0, 0.05) is 33.5 Å². The van der Waals surface area contributed by atoms with E-state index in [0.717, 1.165) is 34.6 Å². The van der Waals surface area contributed by atoms with Gasteiger partial charge in [-0.2, -0.15) is 0 Å². The van der Waals surface area contributed by atoms with Crippen LogP contribution in [0.5, 0.6) is 0 Å². The minimum Gasteiger partial charge on any atom is -0.372 e. The number of ketones is 1. The van der Waals surface area contributed by atoms with Gasteiger partial charge in [-0.15, -0.1) is 11.3 Å². The molecule has 2 heterocycles. The van der Waals surface area contributed by atoms with Crippen LogP contribution in [0.2, 0.25) is 5.02 Å². The zero-order valence-electron chi connectivity index (χ0n) is 15.1. The summed E-state index contributed by atoms with van der Waals surface area (Å²) in [7, 11) is 0. The first-order valence-corrected chi connectivity index (χ1v) is 10.6. The molecule has 2 aromatic carbocycles. The zero-order chi connectivity index (χ0) is 19.1. The average Bonchev–Trinajstić information content (AvgIpc) is 3.17. The van der Waals surface area contributed by atoms with Gasteiger partial charge in [-0.3, -0.25) is 4.79 Å². The fourth-order valence-electron chi connectivity index (χ4n) is 4.15. The lowest BCUT2D eigenvalue weighted by molar-refractivity contribution is -0.116. The highest BCUT2D eigenvalue weighted by molar-refractivity contribution is 7.10. The van der Waals surface area contributed by atoms with E-state index < -0.39 is 0 Å². The van der Waals surface area contributed by atoms with Crippen LogP contribution in [0, 0.1) is 0 Å². The number of para-hydroxylation sites is 2. The number of rotatable bonds is 2. The number of hydrogen-bond donors (Lipinski definition) is 2. The Labute approximate surface area is 173 Å². The van der Waals surface area contributed by atoms with E-state index in [4.69, 9.17) is 11.6 Å². The molecule has 1 aliphatic carbocycles. The van der Waals surface area contributed by atoms with E-state index in [2.05, 4.69) is 28.1 Å². The van der Waals surface area contributed by atoms with Crippen LogP contribution in [0.4, 0.5) is 11.4 Å². The molecule has 0 saturated heterocycles. The number of carbonyl (C=O) groups is 1. The maximum absolute atomic E-state index is 13.3. The van der Waals surface area contributed by atoms with Crippen LogP contribution < -0.4 is 10.6 Å². The summed E-state index contributed by atoms with van der Waals surface area (Å²) < 4.78 is 0. The molecule has 5 rings (SSSR count). The number of halogens is 1. The summed E-state index contributed by atoms with van der Waals surface area (Å²) in [4.78, 5) is 14.6. The number of fused-ring (bicyclic) bond motifs is 1. The van der Waals surface area contributed by atoms with Crippen molar-refractivity contribution in [3.05, 3.63) is 92.8 Å². The molecule has 2 unspecified atom stereocenters. The maximum atomic E-state index is 13.3. The molecule has 3 nitrogen and oxygen atoms in total. The van der Waals surface area contributed by atoms with E-state index in [1.807, 2.05) is 48.5 Å². The van der Waals surface area contributed by atoms with Crippen molar-refractivity contribution in [2.75, 3.05) is 10.6 Å². The predicted molar refractivity (Wildman–Crippen MR) is 116 cm³/mol. The summed E-state index contributed by atoms with van der Waals surface area (Å²) in [6, 6.07) is 19.8. The van der Waals surface area contributed by atoms with Gasteiger partial charge in [0.25, 0.3) is 0 Å². The van der Waals surface area contributed by atoms with Crippen molar-refractivity contribution in [1.29, 1.82) is 0 Å². The van der Waals surface area contributed by atoms with E-state index in [-0.39, 0.29) is 17.7 Å². The smallest absolute Gasteiger partial charge is 0.163 e. The Balaban J connectivity index is 1.64. The van der Waals surface area contributed by atoms with E-state index in [1.54, 1.807) is 11.3 Å². The van der Waals surface area contributed by atoms with Crippen molar-refractivity contribution in [2.24, 2.45) is 0 Å². The van der Waals surface area contributed by atoms with E-state index >= 15 is 0 Å². The lowest BCUT2D eigenvalue weighted by Gasteiger charge is -2.29. The van der Waals surface area contributed by atoms with E-state index in [0.29, 0.717) is 11.4 Å². The fourth-order valence-corrected chi connectivity index (χ4v) is 5.18. The Morgan fingerprint density at radius 1 is 0.964 bits per heavy atom. The third-order valence-electron chi connectivity index (χ3n) is 5.44. The Morgan fingerprint density at radius 3 is 2.61 bits per heavy atom. The van der Waals surface area contributed by atoms with Crippen LogP contribution in [-0.2, 0) is 4.79 Å². The number of nitrogens with one attached hydrogen (secondary N) is 2. The van der Waals surface area contributed by atoms with E-state index in [1.165, 1.54) is 4.88 Å². The van der Waals surface area contributed by atoms with Gasteiger partial charge in [-0.25, -0.2) is 0 Å². The highest BCUT2D eigenvalue weighted by Crippen LogP contribution is 2.45. The largest absolute Gasteiger partial charge is 0.372 e. The second-order valence-electron chi connectivity index (χ2n) is 7.24. The molecule has 28 heavy (non-hydrogen) atoms. The number of thiophene rings is 1. The molecular weight excluding hydrogens is 388 g/mol. The number of hydrogen-bond acceptors (Lipinski definition) is 4. The topological polar surface area (TPSA) is 41.1 Å². The van der Waals surface area contributed by atoms with Gasteiger partial charge in [-0.1, -0.05) is 41.9 Å². The predicted octanol–water partition coefficient (Wildman–Crippen LogP) is 6.38. The van der Waals surface area contributed by atoms with Crippen LogP contribution in [-0.4, -0.2) is 5.78 Å². The Kier molecular flexibility index (Phi) is 4.46. The lowest BCUT2D eigenvalue weighted by atomic mass is 9.81. The SMILES string of the molecule is O=C1CC(c2cccs2)CC2=C1C(c1cccc(Cl)c1)Nc1ccccc1N2. The van der Waals surface area contributed by atoms with Gasteiger partial charge in [0.05, 0.1) is 17.4 Å². The van der Waals surface area contributed by atoms with Gasteiger partial charge in [0.1, 0.15) is 0 Å². The summed E-state index contributed by atoms with van der Waals surface area (Å²) >= 11 is 7.99. The van der Waals surface area contributed by atoms with Gasteiger partial charge in [-0.05, 0) is 47.7 Å². The molecule has 1 aliphatic heterocycles. The Hall–Kier alpha value is -2.56. The quantitative estimate of drug-likeness (QED) is 0.518. The first-order chi connectivity index (χ1) is 13.7. The number of Topliss-reactive ketones (excluding diaryl/α,β-unsaturated/α-hetero) is 1. The Morgan fingerprint density at radius 2 is 1.82 bits per heavy atom. The lowest BCUT2D eigenvalue weighted by Crippen LogP contribution is -2.26. The number of carbonyl (C=O) groups excluding carboxylic acids is 1. The summed E-state index contributed by atoms with van der Waals surface area (Å²) in [5.41, 5.74) is 4.83. The molecular formula is C23H19ClN2OS. The third kappa shape index (κ3) is 3.13. The van der Waals surface area contributed by atoms with Crippen LogP contribution in [0.15, 0.2) is 77.3 Å². The van der Waals surface area contributed by atoms with Crippen molar-refractivity contribution in [2.45, 2.75) is 24.8 Å². The van der Waals surface area contributed by atoms with Gasteiger partial charge < -0.3 is 10.6 Å². The van der Waals surface area contributed by atoms with Gasteiger partial charge in [0.2, 0.25) is 0 Å². The molecule has 0 spiro atoms. The molecule has 3 aromatic rings. The molecule has 0 radical (unpaired) electrons. The van der Waals surface area contributed by atoms with Crippen molar-refractivity contribution in [3.63, 3.8) is 0 Å². The molecule has 0 bridgehead atoms. The van der Waals surface area contributed by atoms with Crippen LogP contribution in [0.1, 0.15) is 35.2 Å². The number of anilines is 2. The fraction of sp³-hybridized carbons (Fsp3) is 0.174. The second kappa shape index (κ2) is 7.12. The number of allylic oxidation sites excluding steroid dienone is 1. The average molecular weight is 407 g/mol. The Bertz CT molecular complexity index is 1070. The molecule has 2 N–H and O–H groups in total. The van der Waals surface area contributed by atoms with Crippen LogP contribution >= 0.6 is 22.9 Å². The monoisotopic (exact) mass is 406 g/mol. The van der Waals surface area contributed by atoms with E-state index in [9.17, 15) is 4.79 Å². The molecule has 5 heteroatoms. The maximum Gasteiger partial charge on any atom is 0.163 e. The normalized spacial score (nSPS) is 21.2. The summed E-state index contributed by atoms with van der Waals surface area (Å²) in [5.74, 6) is 0.418. The van der Waals surface area contributed by atoms with Crippen molar-refractivity contribution in [1.82, 2.24) is 0 Å².